The number of aryl methyl sites for hydroxylation is 1. The van der Waals surface area contributed by atoms with Crippen molar-refractivity contribution in [3.63, 3.8) is 0 Å². The van der Waals surface area contributed by atoms with E-state index in [0.29, 0.717) is 10.9 Å². The maximum atomic E-state index is 11.0. The molecule has 0 spiro atoms. The average molecular weight is 187 g/mol. The van der Waals surface area contributed by atoms with Crippen molar-refractivity contribution in [3.05, 3.63) is 41.6 Å². The Hall–Kier alpha value is -1.90. The number of carboxylic acid groups (broad SMARTS) is 1. The number of hydrogen-bond acceptors (Lipinski definition) is 2. The molecule has 14 heavy (non-hydrogen) atoms. The summed E-state index contributed by atoms with van der Waals surface area (Å²) in [5.74, 6) is -0.902. The Bertz CT molecular complexity index is 506. The Labute approximate surface area is 81.0 Å². The Morgan fingerprint density at radius 3 is 2.86 bits per heavy atom. The van der Waals surface area contributed by atoms with Crippen molar-refractivity contribution < 1.29 is 9.90 Å². The van der Waals surface area contributed by atoms with Crippen LogP contribution in [0.5, 0.6) is 0 Å². The van der Waals surface area contributed by atoms with Gasteiger partial charge >= 0.3 is 5.97 Å². The Morgan fingerprint density at radius 2 is 2.14 bits per heavy atom. The molecule has 3 heteroatoms. The standard InChI is InChI=1S/C11H9NO2/c1-7-4-5-9-8(3-2-6-12-9)10(7)11(13)14/h2-6H,1H3,(H,13,14). The number of nitrogens with zero attached hydrogens (tertiary/aromatic N) is 1. The largest absolute Gasteiger partial charge is 0.478 e. The lowest BCUT2D eigenvalue weighted by Gasteiger charge is -2.04. The van der Waals surface area contributed by atoms with E-state index in [1.165, 1.54) is 0 Å². The van der Waals surface area contributed by atoms with Crippen molar-refractivity contribution in [2.24, 2.45) is 0 Å². The molecule has 3 nitrogen and oxygen atoms in total. The summed E-state index contributed by atoms with van der Waals surface area (Å²) in [6.45, 7) is 1.79. The fourth-order valence-corrected chi connectivity index (χ4v) is 1.55. The molecule has 0 saturated heterocycles. The molecule has 1 aromatic heterocycles. The van der Waals surface area contributed by atoms with Gasteiger partial charge < -0.3 is 5.11 Å². The number of pyridine rings is 1. The highest BCUT2D eigenvalue weighted by molar-refractivity contribution is 6.03. The molecule has 0 aliphatic heterocycles. The topological polar surface area (TPSA) is 50.2 Å². The van der Waals surface area contributed by atoms with Gasteiger partial charge in [0.2, 0.25) is 0 Å². The molecule has 0 aliphatic carbocycles. The highest BCUT2D eigenvalue weighted by Crippen LogP contribution is 2.20. The van der Waals surface area contributed by atoms with E-state index < -0.39 is 5.97 Å². The van der Waals surface area contributed by atoms with Crippen molar-refractivity contribution in [3.8, 4) is 0 Å². The predicted molar refractivity (Wildman–Crippen MR) is 53.4 cm³/mol. The highest BCUT2D eigenvalue weighted by Gasteiger charge is 2.11. The SMILES string of the molecule is Cc1ccc2ncccc2c1C(=O)O. The van der Waals surface area contributed by atoms with E-state index >= 15 is 0 Å². The van der Waals surface area contributed by atoms with Gasteiger partial charge in [-0.15, -0.1) is 0 Å². The molecule has 0 unspecified atom stereocenters. The maximum absolute atomic E-state index is 11.0. The van der Waals surface area contributed by atoms with Gasteiger partial charge in [-0.1, -0.05) is 12.1 Å². The maximum Gasteiger partial charge on any atom is 0.336 e. The zero-order chi connectivity index (χ0) is 10.1. The fraction of sp³-hybridized carbons (Fsp3) is 0.0909. The van der Waals surface area contributed by atoms with Crippen molar-refractivity contribution in [2.45, 2.75) is 6.92 Å². The first-order valence-electron chi connectivity index (χ1n) is 4.28. The van der Waals surface area contributed by atoms with E-state index in [2.05, 4.69) is 4.98 Å². The van der Waals surface area contributed by atoms with Crippen LogP contribution in [0.4, 0.5) is 0 Å². The number of rotatable bonds is 1. The zero-order valence-corrected chi connectivity index (χ0v) is 7.69. The molecule has 1 aromatic carbocycles. The lowest BCUT2D eigenvalue weighted by molar-refractivity contribution is 0.0698. The van der Waals surface area contributed by atoms with E-state index in [1.54, 1.807) is 31.3 Å². The lowest BCUT2D eigenvalue weighted by Crippen LogP contribution is -2.01. The number of hydrogen-bond donors (Lipinski definition) is 1. The third kappa shape index (κ3) is 1.23. The molecular formula is C11H9NO2. The molecule has 0 bridgehead atoms. The molecule has 0 aliphatic rings. The molecule has 0 fully saturated rings. The molecule has 0 saturated carbocycles. The Balaban J connectivity index is 2.90. The van der Waals surface area contributed by atoms with Gasteiger partial charge in [0.1, 0.15) is 0 Å². The minimum atomic E-state index is -0.902. The summed E-state index contributed by atoms with van der Waals surface area (Å²) in [5.41, 5.74) is 1.82. The minimum Gasteiger partial charge on any atom is -0.478 e. The van der Waals surface area contributed by atoms with Crippen LogP contribution in [0.25, 0.3) is 10.9 Å². The van der Waals surface area contributed by atoms with Crippen LogP contribution in [0.2, 0.25) is 0 Å². The van der Waals surface area contributed by atoms with Gasteiger partial charge in [-0.2, -0.15) is 0 Å². The lowest BCUT2D eigenvalue weighted by atomic mass is 10.0. The molecule has 70 valence electrons. The van der Waals surface area contributed by atoms with Crippen LogP contribution in [0.15, 0.2) is 30.5 Å². The summed E-state index contributed by atoms with van der Waals surface area (Å²) in [4.78, 5) is 15.1. The smallest absolute Gasteiger partial charge is 0.336 e. The van der Waals surface area contributed by atoms with Crippen LogP contribution in [0, 0.1) is 6.92 Å². The van der Waals surface area contributed by atoms with Crippen LogP contribution in [0.3, 0.4) is 0 Å². The molecule has 0 atom stereocenters. The summed E-state index contributed by atoms with van der Waals surface area (Å²) in [6, 6.07) is 7.13. The Morgan fingerprint density at radius 1 is 1.36 bits per heavy atom. The van der Waals surface area contributed by atoms with E-state index in [-0.39, 0.29) is 0 Å². The molecule has 1 heterocycles. The van der Waals surface area contributed by atoms with Crippen molar-refractivity contribution in [1.82, 2.24) is 4.98 Å². The van der Waals surface area contributed by atoms with Gasteiger partial charge in [0.25, 0.3) is 0 Å². The van der Waals surface area contributed by atoms with Gasteiger partial charge in [-0.05, 0) is 24.6 Å². The van der Waals surface area contributed by atoms with Crippen LogP contribution < -0.4 is 0 Å². The number of benzene rings is 1. The summed E-state index contributed by atoms with van der Waals surface area (Å²) in [7, 11) is 0. The summed E-state index contributed by atoms with van der Waals surface area (Å²) in [5, 5.41) is 9.73. The van der Waals surface area contributed by atoms with E-state index in [0.717, 1.165) is 11.1 Å². The number of aromatic carboxylic acids is 1. The minimum absolute atomic E-state index is 0.343. The van der Waals surface area contributed by atoms with Crippen LogP contribution in [-0.4, -0.2) is 16.1 Å². The quantitative estimate of drug-likeness (QED) is 0.744. The summed E-state index contributed by atoms with van der Waals surface area (Å²) >= 11 is 0. The van der Waals surface area contributed by atoms with Crippen LogP contribution in [-0.2, 0) is 0 Å². The second-order valence-corrected chi connectivity index (χ2v) is 3.13. The van der Waals surface area contributed by atoms with Gasteiger partial charge in [-0.25, -0.2) is 4.79 Å². The Kier molecular flexibility index (Phi) is 1.93. The van der Waals surface area contributed by atoms with Gasteiger partial charge in [0.15, 0.2) is 0 Å². The van der Waals surface area contributed by atoms with Crippen LogP contribution >= 0.6 is 0 Å². The number of carbonyl (C=O) groups is 1. The average Bonchev–Trinajstić information content (AvgIpc) is 2.17. The van der Waals surface area contributed by atoms with E-state index in [9.17, 15) is 4.79 Å². The van der Waals surface area contributed by atoms with Gasteiger partial charge in [0, 0.05) is 11.6 Å². The molecule has 1 N–H and O–H groups in total. The normalized spacial score (nSPS) is 10.4. The molecule has 2 rings (SSSR count). The summed E-state index contributed by atoms with van der Waals surface area (Å²) < 4.78 is 0. The van der Waals surface area contributed by atoms with E-state index in [1.807, 2.05) is 6.07 Å². The zero-order valence-electron chi connectivity index (χ0n) is 7.69. The molecule has 2 aromatic rings. The monoisotopic (exact) mass is 187 g/mol. The molecular weight excluding hydrogens is 178 g/mol. The molecule has 0 amide bonds. The van der Waals surface area contributed by atoms with Gasteiger partial charge in [-0.3, -0.25) is 4.98 Å². The first-order valence-corrected chi connectivity index (χ1v) is 4.28. The first kappa shape index (κ1) is 8.69. The highest BCUT2D eigenvalue weighted by atomic mass is 16.4. The first-order chi connectivity index (χ1) is 6.70. The van der Waals surface area contributed by atoms with E-state index in [4.69, 9.17) is 5.11 Å². The van der Waals surface area contributed by atoms with Crippen molar-refractivity contribution in [2.75, 3.05) is 0 Å². The second kappa shape index (κ2) is 3.10. The fourth-order valence-electron chi connectivity index (χ4n) is 1.55. The van der Waals surface area contributed by atoms with Crippen molar-refractivity contribution >= 4 is 16.9 Å². The second-order valence-electron chi connectivity index (χ2n) is 3.13. The third-order valence-corrected chi connectivity index (χ3v) is 2.21. The number of carboxylic acids is 1. The van der Waals surface area contributed by atoms with Crippen molar-refractivity contribution in [1.29, 1.82) is 0 Å². The van der Waals surface area contributed by atoms with Crippen LogP contribution in [0.1, 0.15) is 15.9 Å². The summed E-state index contributed by atoms with van der Waals surface area (Å²) in [6.07, 6.45) is 1.66. The van der Waals surface area contributed by atoms with Gasteiger partial charge in [0.05, 0.1) is 11.1 Å². The molecule has 0 radical (unpaired) electrons. The third-order valence-electron chi connectivity index (χ3n) is 2.21. The number of aromatic nitrogens is 1. The predicted octanol–water partition coefficient (Wildman–Crippen LogP) is 2.24. The number of fused-ring (bicyclic) bond motifs is 1.